The minimum atomic E-state index is -0.570. The minimum absolute atomic E-state index is 0.0783. The van der Waals surface area contributed by atoms with E-state index in [1.807, 2.05) is 18.2 Å². The number of fused-ring (bicyclic) bond motifs is 1. The number of hydrogen-bond acceptors (Lipinski definition) is 5. The fourth-order valence-corrected chi connectivity index (χ4v) is 4.24. The zero-order chi connectivity index (χ0) is 24.4. The van der Waals surface area contributed by atoms with Gasteiger partial charge in [0.2, 0.25) is 0 Å². The van der Waals surface area contributed by atoms with E-state index < -0.39 is 11.0 Å². The van der Waals surface area contributed by atoms with Crippen LogP contribution < -0.4 is 4.90 Å². The summed E-state index contributed by atoms with van der Waals surface area (Å²) in [7, 11) is 3.15. The van der Waals surface area contributed by atoms with E-state index in [9.17, 15) is 19.7 Å². The molecular formula is C24H20BrN5O4. The van der Waals surface area contributed by atoms with Crippen molar-refractivity contribution in [3.8, 4) is 0 Å². The van der Waals surface area contributed by atoms with E-state index in [0.29, 0.717) is 16.7 Å². The van der Waals surface area contributed by atoms with Crippen molar-refractivity contribution in [2.24, 2.45) is 0 Å². The molecule has 0 aliphatic heterocycles. The first-order valence-electron chi connectivity index (χ1n) is 10.2. The molecule has 10 heteroatoms. The Morgan fingerprint density at radius 1 is 1.12 bits per heavy atom. The number of hydrogen-bond donors (Lipinski definition) is 1. The van der Waals surface area contributed by atoms with Crippen molar-refractivity contribution in [3.63, 3.8) is 0 Å². The van der Waals surface area contributed by atoms with E-state index in [2.05, 4.69) is 25.9 Å². The van der Waals surface area contributed by atoms with Crippen molar-refractivity contribution in [2.45, 2.75) is 6.54 Å². The summed E-state index contributed by atoms with van der Waals surface area (Å²) >= 11 is 3.50. The largest absolute Gasteiger partial charge is 0.360 e. The standard InChI is InChI=1S/C24H20BrN5O4/c1-28(2)24(32)29(20-10-11-26-13-21(20)30(33)34)14-15-6-8-16(9-7-15)23(31)17-12-27-19-5-3-4-18(25)22(17)19/h3-13,27H,14H2,1-2H3. The van der Waals surface area contributed by atoms with Gasteiger partial charge >= 0.3 is 11.7 Å². The average Bonchev–Trinajstić information content (AvgIpc) is 3.27. The van der Waals surface area contributed by atoms with Crippen molar-refractivity contribution in [1.82, 2.24) is 14.9 Å². The molecule has 4 rings (SSSR count). The molecule has 0 fully saturated rings. The lowest BCUT2D eigenvalue weighted by Crippen LogP contribution is -2.39. The predicted molar refractivity (Wildman–Crippen MR) is 132 cm³/mol. The first-order chi connectivity index (χ1) is 16.3. The lowest BCUT2D eigenvalue weighted by atomic mass is 10.0. The van der Waals surface area contributed by atoms with Gasteiger partial charge in [-0.1, -0.05) is 46.3 Å². The average molecular weight is 522 g/mol. The van der Waals surface area contributed by atoms with Gasteiger partial charge < -0.3 is 9.88 Å². The SMILES string of the molecule is CN(C)C(=O)N(Cc1ccc(C(=O)c2c[nH]c3cccc(Br)c23)cc1)c1ccncc1[N+](=O)[O-]. The van der Waals surface area contributed by atoms with Crippen molar-refractivity contribution < 1.29 is 14.5 Å². The number of aromatic nitrogens is 2. The lowest BCUT2D eigenvalue weighted by Gasteiger charge is -2.26. The van der Waals surface area contributed by atoms with Gasteiger partial charge in [-0.3, -0.25) is 24.8 Å². The number of aromatic amines is 1. The summed E-state index contributed by atoms with van der Waals surface area (Å²) in [6.07, 6.45) is 4.21. The molecule has 2 aromatic heterocycles. The van der Waals surface area contributed by atoms with Crippen LogP contribution in [-0.4, -0.2) is 45.7 Å². The summed E-state index contributed by atoms with van der Waals surface area (Å²) in [5.41, 5.74) is 2.47. The number of benzene rings is 2. The van der Waals surface area contributed by atoms with Crippen LogP contribution in [0.25, 0.3) is 10.9 Å². The highest BCUT2D eigenvalue weighted by molar-refractivity contribution is 9.10. The molecule has 34 heavy (non-hydrogen) atoms. The number of halogens is 1. The van der Waals surface area contributed by atoms with E-state index in [1.165, 1.54) is 22.1 Å². The van der Waals surface area contributed by atoms with Crippen LogP contribution >= 0.6 is 15.9 Å². The molecule has 0 aliphatic carbocycles. The number of nitrogens with one attached hydrogen (secondary N) is 1. The van der Waals surface area contributed by atoms with E-state index >= 15 is 0 Å². The molecule has 9 nitrogen and oxygen atoms in total. The maximum absolute atomic E-state index is 13.2. The Bertz CT molecular complexity index is 1400. The van der Waals surface area contributed by atoms with Gasteiger partial charge in [0.1, 0.15) is 11.9 Å². The predicted octanol–water partition coefficient (Wildman–Crippen LogP) is 5.15. The number of urea groups is 1. The second-order valence-corrected chi connectivity index (χ2v) is 8.63. The van der Waals surface area contributed by atoms with Gasteiger partial charge in [-0.15, -0.1) is 0 Å². The van der Waals surface area contributed by atoms with Gasteiger partial charge in [0.25, 0.3) is 0 Å². The van der Waals surface area contributed by atoms with Gasteiger partial charge in [-0.2, -0.15) is 0 Å². The number of amides is 2. The van der Waals surface area contributed by atoms with Crippen LogP contribution in [0.15, 0.2) is 71.6 Å². The van der Waals surface area contributed by atoms with Crippen molar-refractivity contribution in [1.29, 1.82) is 0 Å². The zero-order valence-electron chi connectivity index (χ0n) is 18.4. The Morgan fingerprint density at radius 2 is 1.85 bits per heavy atom. The summed E-state index contributed by atoms with van der Waals surface area (Å²) < 4.78 is 0.822. The van der Waals surface area contributed by atoms with E-state index in [4.69, 9.17) is 0 Å². The second kappa shape index (κ2) is 9.44. The zero-order valence-corrected chi connectivity index (χ0v) is 19.9. The summed E-state index contributed by atoms with van der Waals surface area (Å²) in [6.45, 7) is 0.0783. The van der Waals surface area contributed by atoms with E-state index in [1.54, 1.807) is 44.6 Å². The molecule has 0 unspecified atom stereocenters. The number of carbonyl (C=O) groups is 2. The van der Waals surface area contributed by atoms with Crippen molar-refractivity contribution in [2.75, 3.05) is 19.0 Å². The molecule has 0 saturated carbocycles. The number of nitrogens with zero attached hydrogens (tertiary/aromatic N) is 4. The fourth-order valence-electron chi connectivity index (χ4n) is 3.66. The summed E-state index contributed by atoms with van der Waals surface area (Å²) in [5, 5.41) is 12.3. The van der Waals surface area contributed by atoms with Gasteiger partial charge in [-0.25, -0.2) is 4.79 Å². The molecule has 2 heterocycles. The number of H-pyrrole nitrogens is 1. The molecule has 0 aliphatic rings. The lowest BCUT2D eigenvalue weighted by molar-refractivity contribution is -0.384. The maximum atomic E-state index is 13.2. The molecule has 2 amide bonds. The smallest absolute Gasteiger partial charge is 0.324 e. The Kier molecular flexibility index (Phi) is 6.42. The highest BCUT2D eigenvalue weighted by Gasteiger charge is 2.26. The van der Waals surface area contributed by atoms with Crippen LogP contribution in [0.5, 0.6) is 0 Å². The molecule has 0 radical (unpaired) electrons. The first kappa shape index (κ1) is 23.1. The van der Waals surface area contributed by atoms with Crippen LogP contribution in [0.2, 0.25) is 0 Å². The fraction of sp³-hybridized carbons (Fsp3) is 0.125. The van der Waals surface area contributed by atoms with E-state index in [0.717, 1.165) is 21.6 Å². The Labute approximate surface area is 203 Å². The number of carbonyl (C=O) groups excluding carboxylic acids is 2. The molecule has 1 N–H and O–H groups in total. The summed E-state index contributed by atoms with van der Waals surface area (Å²) in [4.78, 5) is 46.5. The normalized spacial score (nSPS) is 10.8. The summed E-state index contributed by atoms with van der Waals surface area (Å²) in [5.74, 6) is -0.143. The Morgan fingerprint density at radius 3 is 2.53 bits per heavy atom. The molecule has 0 bridgehead atoms. The van der Waals surface area contributed by atoms with E-state index in [-0.39, 0.29) is 23.7 Å². The number of rotatable bonds is 6. The van der Waals surface area contributed by atoms with Crippen LogP contribution in [0.1, 0.15) is 21.5 Å². The molecule has 2 aromatic carbocycles. The third-order valence-corrected chi connectivity index (χ3v) is 6.00. The highest BCUT2D eigenvalue weighted by Crippen LogP contribution is 2.30. The molecule has 172 valence electrons. The minimum Gasteiger partial charge on any atom is -0.360 e. The molecule has 4 aromatic rings. The number of pyridine rings is 1. The van der Waals surface area contributed by atoms with Gasteiger partial charge in [0.15, 0.2) is 5.78 Å². The first-order valence-corrected chi connectivity index (χ1v) is 11.0. The van der Waals surface area contributed by atoms with Crippen molar-refractivity contribution in [3.05, 3.63) is 98.4 Å². The maximum Gasteiger partial charge on any atom is 0.324 e. The third-order valence-electron chi connectivity index (χ3n) is 5.34. The van der Waals surface area contributed by atoms with Gasteiger partial charge in [0, 0.05) is 53.0 Å². The van der Waals surface area contributed by atoms with Crippen molar-refractivity contribution >= 4 is 50.0 Å². The van der Waals surface area contributed by atoms with Crippen LogP contribution in [-0.2, 0) is 6.54 Å². The van der Waals surface area contributed by atoms with Gasteiger partial charge in [0.05, 0.1) is 11.5 Å². The van der Waals surface area contributed by atoms with Gasteiger partial charge in [-0.05, 0) is 23.8 Å². The monoisotopic (exact) mass is 521 g/mol. The third kappa shape index (κ3) is 4.40. The van der Waals surface area contributed by atoms with Crippen LogP contribution in [0, 0.1) is 10.1 Å². The molecular weight excluding hydrogens is 502 g/mol. The van der Waals surface area contributed by atoms with Crippen LogP contribution in [0.4, 0.5) is 16.2 Å². The second-order valence-electron chi connectivity index (χ2n) is 7.78. The quantitative estimate of drug-likeness (QED) is 0.214. The highest BCUT2D eigenvalue weighted by atomic mass is 79.9. The topological polar surface area (TPSA) is 112 Å². The molecule has 0 atom stereocenters. The Hall–Kier alpha value is -4.05. The molecule has 0 spiro atoms. The number of nitro groups is 1. The summed E-state index contributed by atoms with van der Waals surface area (Å²) in [6, 6.07) is 13.5. The number of ketones is 1. The molecule has 0 saturated heterocycles. The number of anilines is 1. The Balaban J connectivity index is 1.64. The van der Waals surface area contributed by atoms with Crippen LogP contribution in [0.3, 0.4) is 0 Å².